The van der Waals surface area contributed by atoms with Crippen molar-refractivity contribution >= 4 is 23.0 Å². The molecular formula is C23H46BrNO2. The van der Waals surface area contributed by atoms with Crippen LogP contribution < -0.4 is 5.73 Å². The summed E-state index contributed by atoms with van der Waals surface area (Å²) in [5, 5.41) is 0. The minimum atomic E-state index is -0.290. The molecule has 0 heterocycles. The van der Waals surface area contributed by atoms with Crippen LogP contribution in [-0.2, 0) is 9.53 Å². The highest BCUT2D eigenvalue weighted by molar-refractivity contribution is 8.93. The highest BCUT2D eigenvalue weighted by Crippen LogP contribution is 2.16. The molecule has 2 N–H and O–H groups in total. The minimum Gasteiger partial charge on any atom is -0.462 e. The van der Waals surface area contributed by atoms with Crippen molar-refractivity contribution in [2.24, 2.45) is 11.7 Å². The van der Waals surface area contributed by atoms with Gasteiger partial charge in [0, 0.05) is 5.57 Å². The highest BCUT2D eigenvalue weighted by atomic mass is 79.9. The van der Waals surface area contributed by atoms with Gasteiger partial charge in [0.2, 0.25) is 0 Å². The van der Waals surface area contributed by atoms with Crippen LogP contribution in [0.1, 0.15) is 110 Å². The van der Waals surface area contributed by atoms with E-state index in [-0.39, 0.29) is 23.0 Å². The Bertz CT molecular complexity index is 347. The molecule has 0 fully saturated rings. The van der Waals surface area contributed by atoms with E-state index < -0.39 is 0 Å². The summed E-state index contributed by atoms with van der Waals surface area (Å²) in [6, 6.07) is 0. The van der Waals surface area contributed by atoms with E-state index in [0.29, 0.717) is 24.6 Å². The summed E-state index contributed by atoms with van der Waals surface area (Å²) in [5.41, 5.74) is 6.30. The summed E-state index contributed by atoms with van der Waals surface area (Å²) < 4.78 is 5.16. The predicted molar refractivity (Wildman–Crippen MR) is 124 cm³/mol. The van der Waals surface area contributed by atoms with Gasteiger partial charge >= 0.3 is 5.97 Å². The third-order valence-electron chi connectivity index (χ3n) is 5.16. The van der Waals surface area contributed by atoms with Gasteiger partial charge in [-0.15, -0.1) is 17.0 Å². The number of nitrogens with two attached hydrogens (primary N) is 1. The van der Waals surface area contributed by atoms with Gasteiger partial charge in [0.25, 0.3) is 0 Å². The molecular weight excluding hydrogens is 402 g/mol. The Balaban J connectivity index is 0. The van der Waals surface area contributed by atoms with Crippen LogP contribution in [0.3, 0.4) is 0 Å². The Kier molecular flexibility index (Phi) is 23.5. The van der Waals surface area contributed by atoms with E-state index >= 15 is 0 Å². The molecule has 27 heavy (non-hydrogen) atoms. The molecule has 0 aromatic heterocycles. The van der Waals surface area contributed by atoms with Crippen molar-refractivity contribution in [1.82, 2.24) is 0 Å². The molecule has 1 atom stereocenters. The fourth-order valence-corrected chi connectivity index (χ4v) is 3.27. The second kappa shape index (κ2) is 21.9. The lowest BCUT2D eigenvalue weighted by Crippen LogP contribution is -2.18. The summed E-state index contributed by atoms with van der Waals surface area (Å²) in [6.07, 6.45) is 20.0. The van der Waals surface area contributed by atoms with E-state index in [1.165, 1.54) is 83.5 Å². The molecule has 1 unspecified atom stereocenters. The standard InChI is InChI=1S/C23H45NO2.BrH/c1-4-5-6-7-8-9-10-11-12-13-14-15-16-17-22(20-24)18-19-26-23(25)21(2)3;/h22H,2,4-20,24H2,1,3H3;1H. The average Bonchev–Trinajstić information content (AvgIpc) is 2.63. The molecule has 0 amide bonds. The molecule has 0 aliphatic heterocycles. The Morgan fingerprint density at radius 2 is 1.30 bits per heavy atom. The van der Waals surface area contributed by atoms with Crippen molar-refractivity contribution in [2.75, 3.05) is 13.2 Å². The number of carbonyl (C=O) groups is 1. The number of carbonyl (C=O) groups excluding carboxylic acids is 1. The molecule has 0 saturated heterocycles. The Labute approximate surface area is 179 Å². The van der Waals surface area contributed by atoms with E-state index in [0.717, 1.165) is 12.8 Å². The lowest BCUT2D eigenvalue weighted by molar-refractivity contribution is -0.139. The smallest absolute Gasteiger partial charge is 0.333 e. The van der Waals surface area contributed by atoms with Crippen LogP contribution in [-0.4, -0.2) is 19.1 Å². The number of ether oxygens (including phenoxy) is 1. The van der Waals surface area contributed by atoms with E-state index in [1.807, 2.05) is 0 Å². The topological polar surface area (TPSA) is 52.3 Å². The lowest BCUT2D eigenvalue weighted by atomic mass is 9.97. The lowest BCUT2D eigenvalue weighted by Gasteiger charge is -2.14. The van der Waals surface area contributed by atoms with Crippen LogP contribution in [0.2, 0.25) is 0 Å². The molecule has 0 aliphatic carbocycles. The second-order valence-corrected chi connectivity index (χ2v) is 7.84. The molecule has 0 spiro atoms. The molecule has 0 aromatic carbocycles. The van der Waals surface area contributed by atoms with Crippen molar-refractivity contribution in [1.29, 1.82) is 0 Å². The first-order chi connectivity index (χ1) is 12.6. The number of esters is 1. The maximum atomic E-state index is 11.3. The zero-order valence-corrected chi connectivity index (χ0v) is 19.8. The Hall–Kier alpha value is -0.350. The van der Waals surface area contributed by atoms with E-state index in [9.17, 15) is 4.79 Å². The summed E-state index contributed by atoms with van der Waals surface area (Å²) >= 11 is 0. The van der Waals surface area contributed by atoms with Crippen LogP contribution in [0.4, 0.5) is 0 Å². The van der Waals surface area contributed by atoms with Crippen LogP contribution in [0.15, 0.2) is 12.2 Å². The number of halogens is 1. The summed E-state index contributed by atoms with van der Waals surface area (Å²) in [4.78, 5) is 11.3. The SMILES string of the molecule is Br.C=C(C)C(=O)OCCC(CN)CCCCCCCCCCCCCCC. The third-order valence-corrected chi connectivity index (χ3v) is 5.16. The van der Waals surface area contributed by atoms with Crippen LogP contribution in [0.5, 0.6) is 0 Å². The van der Waals surface area contributed by atoms with Gasteiger partial charge in [-0.2, -0.15) is 0 Å². The van der Waals surface area contributed by atoms with Crippen molar-refractivity contribution in [2.45, 2.75) is 110 Å². The molecule has 0 saturated carbocycles. The maximum absolute atomic E-state index is 11.3. The minimum absolute atomic E-state index is 0. The molecule has 4 heteroatoms. The maximum Gasteiger partial charge on any atom is 0.333 e. The quantitative estimate of drug-likeness (QED) is 0.130. The highest BCUT2D eigenvalue weighted by Gasteiger charge is 2.09. The molecule has 0 rings (SSSR count). The largest absolute Gasteiger partial charge is 0.462 e. The van der Waals surface area contributed by atoms with Gasteiger partial charge < -0.3 is 10.5 Å². The van der Waals surface area contributed by atoms with Gasteiger partial charge in [-0.05, 0) is 32.2 Å². The van der Waals surface area contributed by atoms with Crippen molar-refractivity contribution < 1.29 is 9.53 Å². The Morgan fingerprint density at radius 1 is 0.852 bits per heavy atom. The average molecular weight is 449 g/mol. The van der Waals surface area contributed by atoms with E-state index in [1.54, 1.807) is 6.92 Å². The van der Waals surface area contributed by atoms with Crippen molar-refractivity contribution in [3.05, 3.63) is 12.2 Å². The number of hydrogen-bond donors (Lipinski definition) is 1. The van der Waals surface area contributed by atoms with Gasteiger partial charge in [-0.1, -0.05) is 97.0 Å². The van der Waals surface area contributed by atoms with Crippen molar-refractivity contribution in [3.63, 3.8) is 0 Å². The molecule has 162 valence electrons. The number of hydrogen-bond acceptors (Lipinski definition) is 3. The summed E-state index contributed by atoms with van der Waals surface area (Å²) in [6.45, 7) is 8.69. The van der Waals surface area contributed by atoms with Gasteiger partial charge in [-0.3, -0.25) is 0 Å². The molecule has 0 bridgehead atoms. The van der Waals surface area contributed by atoms with E-state index in [2.05, 4.69) is 13.5 Å². The first kappa shape index (κ1) is 28.9. The normalized spacial score (nSPS) is 11.7. The molecule has 0 radical (unpaired) electrons. The summed E-state index contributed by atoms with van der Waals surface area (Å²) in [7, 11) is 0. The van der Waals surface area contributed by atoms with Gasteiger partial charge in [-0.25, -0.2) is 4.79 Å². The monoisotopic (exact) mass is 447 g/mol. The Morgan fingerprint density at radius 3 is 1.70 bits per heavy atom. The summed E-state index contributed by atoms with van der Waals surface area (Å²) in [5.74, 6) is 0.183. The zero-order chi connectivity index (χ0) is 19.5. The van der Waals surface area contributed by atoms with Crippen LogP contribution in [0, 0.1) is 5.92 Å². The first-order valence-corrected chi connectivity index (χ1v) is 11.1. The molecule has 3 nitrogen and oxygen atoms in total. The molecule has 0 aliphatic rings. The van der Waals surface area contributed by atoms with Crippen LogP contribution >= 0.6 is 17.0 Å². The predicted octanol–water partition coefficient (Wildman–Crippen LogP) is 7.13. The van der Waals surface area contributed by atoms with E-state index in [4.69, 9.17) is 10.5 Å². The first-order valence-electron chi connectivity index (χ1n) is 11.1. The van der Waals surface area contributed by atoms with Gasteiger partial charge in [0.05, 0.1) is 6.61 Å². The number of unbranched alkanes of at least 4 members (excludes halogenated alkanes) is 12. The zero-order valence-electron chi connectivity index (χ0n) is 18.1. The third kappa shape index (κ3) is 20.2. The molecule has 0 aromatic rings. The fourth-order valence-electron chi connectivity index (χ4n) is 3.27. The van der Waals surface area contributed by atoms with Crippen molar-refractivity contribution in [3.8, 4) is 0 Å². The van der Waals surface area contributed by atoms with Gasteiger partial charge in [0.1, 0.15) is 0 Å². The van der Waals surface area contributed by atoms with Crippen LogP contribution in [0.25, 0.3) is 0 Å². The number of rotatable bonds is 19. The fraction of sp³-hybridized carbons (Fsp3) is 0.870. The second-order valence-electron chi connectivity index (χ2n) is 7.84. The van der Waals surface area contributed by atoms with Gasteiger partial charge in [0.15, 0.2) is 0 Å².